The van der Waals surface area contributed by atoms with E-state index in [-0.39, 0.29) is 5.75 Å². The Morgan fingerprint density at radius 1 is 1.06 bits per heavy atom. The summed E-state index contributed by atoms with van der Waals surface area (Å²) in [5.74, 6) is 1.85. The molecule has 1 aliphatic rings. The second-order valence-corrected chi connectivity index (χ2v) is 9.35. The molecular formula is C27H27FN6OS. The summed E-state index contributed by atoms with van der Waals surface area (Å²) in [4.78, 5) is 14.2. The molecule has 1 saturated heterocycles. The molecule has 0 aliphatic carbocycles. The van der Waals surface area contributed by atoms with Crippen LogP contribution in [0.2, 0.25) is 0 Å². The second kappa shape index (κ2) is 12.1. The average molecular weight is 503 g/mol. The van der Waals surface area contributed by atoms with E-state index in [0.29, 0.717) is 17.4 Å². The van der Waals surface area contributed by atoms with Crippen LogP contribution in [0.25, 0.3) is 0 Å². The van der Waals surface area contributed by atoms with E-state index in [4.69, 9.17) is 5.73 Å². The summed E-state index contributed by atoms with van der Waals surface area (Å²) in [5.41, 5.74) is 10.8. The summed E-state index contributed by atoms with van der Waals surface area (Å²) in [7, 11) is 0. The first-order chi connectivity index (χ1) is 17.5. The Hall–Kier alpha value is -3.98. The van der Waals surface area contributed by atoms with Crippen molar-refractivity contribution in [3.63, 3.8) is 0 Å². The molecule has 3 aromatic rings. The fourth-order valence-electron chi connectivity index (χ4n) is 3.63. The minimum absolute atomic E-state index is 0.114. The second-order valence-electron chi connectivity index (χ2n) is 8.29. The molecule has 7 nitrogen and oxygen atoms in total. The summed E-state index contributed by atoms with van der Waals surface area (Å²) in [6.07, 6.45) is 3.08. The van der Waals surface area contributed by atoms with E-state index < -0.39 is 0 Å². The zero-order valence-electron chi connectivity index (χ0n) is 20.1. The molecule has 0 atom stereocenters. The molecule has 0 aromatic heterocycles. The first kappa shape index (κ1) is 25.1. The van der Waals surface area contributed by atoms with E-state index >= 15 is 0 Å². The summed E-state index contributed by atoms with van der Waals surface area (Å²) in [5, 5.41) is 9.73. The largest absolute Gasteiger partial charge is 0.383 e. The van der Waals surface area contributed by atoms with Crippen LogP contribution in [-0.2, 0) is 0 Å². The Balaban J connectivity index is 1.40. The van der Waals surface area contributed by atoms with Gasteiger partial charge in [-0.1, -0.05) is 68.1 Å². The average Bonchev–Trinajstić information content (AvgIpc) is 3.38. The van der Waals surface area contributed by atoms with E-state index in [1.807, 2.05) is 24.3 Å². The highest BCUT2D eigenvalue weighted by Gasteiger charge is 2.23. The Morgan fingerprint density at radius 3 is 2.53 bits per heavy atom. The number of halogens is 1. The number of anilines is 1. The highest BCUT2D eigenvalue weighted by molar-refractivity contribution is 8.14. The van der Waals surface area contributed by atoms with Gasteiger partial charge in [0.25, 0.3) is 0 Å². The molecule has 0 saturated carbocycles. The van der Waals surface area contributed by atoms with Gasteiger partial charge in [-0.3, -0.25) is 4.94 Å². The topological polar surface area (TPSA) is 87.9 Å². The number of hydrogen-bond donors (Lipinski definition) is 1. The number of thioether (sulfide) groups is 1. The third-order valence-electron chi connectivity index (χ3n) is 5.51. The van der Waals surface area contributed by atoms with E-state index in [1.165, 1.54) is 29.7 Å². The lowest BCUT2D eigenvalue weighted by molar-refractivity contribution is -0.00618. The molecule has 0 spiro atoms. The normalized spacial score (nSPS) is 15.6. The first-order valence-electron chi connectivity index (χ1n) is 11.5. The van der Waals surface area contributed by atoms with Crippen LogP contribution in [0.5, 0.6) is 5.75 Å². The van der Waals surface area contributed by atoms with Crippen LogP contribution in [0, 0.1) is 0 Å². The summed E-state index contributed by atoms with van der Waals surface area (Å²) >= 11 is 1.71. The monoisotopic (exact) mass is 502 g/mol. The Kier molecular flexibility index (Phi) is 8.46. The maximum atomic E-state index is 12.1. The SMILES string of the molecule is CC(C)c1ccccc1N1CCS/C1=N\N=C\c1ccc(C(N)=NC=Nc2ccc(OF)cc2)cc1. The van der Waals surface area contributed by atoms with Crippen molar-refractivity contribution in [3.8, 4) is 5.75 Å². The highest BCUT2D eigenvalue weighted by atomic mass is 32.2. The third kappa shape index (κ3) is 6.37. The Bertz CT molecular complexity index is 1290. The van der Waals surface area contributed by atoms with Crippen LogP contribution >= 0.6 is 11.8 Å². The maximum absolute atomic E-state index is 12.1. The molecular weight excluding hydrogens is 475 g/mol. The number of benzene rings is 3. The quantitative estimate of drug-likeness (QED) is 0.230. The Morgan fingerprint density at radius 2 is 1.81 bits per heavy atom. The molecule has 4 rings (SSSR count). The van der Waals surface area contributed by atoms with E-state index in [9.17, 15) is 4.53 Å². The number of rotatable bonds is 8. The molecule has 0 unspecified atom stereocenters. The van der Waals surface area contributed by atoms with Gasteiger partial charge in [0, 0.05) is 28.1 Å². The summed E-state index contributed by atoms with van der Waals surface area (Å²) in [6, 6.07) is 22.2. The van der Waals surface area contributed by atoms with Crippen LogP contribution in [-0.4, -0.2) is 35.9 Å². The molecule has 0 amide bonds. The van der Waals surface area contributed by atoms with Gasteiger partial charge in [0.2, 0.25) is 0 Å². The van der Waals surface area contributed by atoms with Gasteiger partial charge in [-0.15, -0.1) is 5.10 Å². The highest BCUT2D eigenvalue weighted by Crippen LogP contribution is 2.32. The minimum atomic E-state index is 0.114. The summed E-state index contributed by atoms with van der Waals surface area (Å²) < 4.78 is 12.1. The van der Waals surface area contributed by atoms with Crippen LogP contribution in [0.3, 0.4) is 0 Å². The zero-order chi connectivity index (χ0) is 25.3. The first-order valence-corrected chi connectivity index (χ1v) is 12.5. The fourth-order valence-corrected chi connectivity index (χ4v) is 4.54. The van der Waals surface area contributed by atoms with Crippen LogP contribution < -0.4 is 15.6 Å². The van der Waals surface area contributed by atoms with Crippen molar-refractivity contribution in [3.05, 3.63) is 89.5 Å². The van der Waals surface area contributed by atoms with Gasteiger partial charge in [0.1, 0.15) is 12.2 Å². The third-order valence-corrected chi connectivity index (χ3v) is 6.46. The van der Waals surface area contributed by atoms with Gasteiger partial charge < -0.3 is 10.6 Å². The van der Waals surface area contributed by atoms with Crippen molar-refractivity contribution in [2.45, 2.75) is 19.8 Å². The van der Waals surface area contributed by atoms with Crippen LogP contribution in [0.4, 0.5) is 15.9 Å². The van der Waals surface area contributed by atoms with Crippen molar-refractivity contribution in [1.29, 1.82) is 0 Å². The van der Waals surface area contributed by atoms with Crippen LogP contribution in [0.15, 0.2) is 93.0 Å². The number of aliphatic imine (C=N–C) groups is 2. The van der Waals surface area contributed by atoms with Crippen molar-refractivity contribution in [1.82, 2.24) is 0 Å². The molecule has 36 heavy (non-hydrogen) atoms. The zero-order valence-corrected chi connectivity index (χ0v) is 20.9. The standard InChI is InChI=1S/C27H27FN6OS/c1-19(2)24-5-3-4-6-25(24)34-15-16-36-27(34)33-32-17-20-7-9-21(10-8-20)26(29)31-18-30-22-11-13-23(35-28)14-12-22/h3-14,17-19H,15-16H2,1-2H3,(H2,29,30,31)/b32-17+,33-27-. The Labute approximate surface area is 214 Å². The van der Waals surface area contributed by atoms with Gasteiger partial charge >= 0.3 is 0 Å². The van der Waals surface area contributed by atoms with Crippen LogP contribution in [0.1, 0.15) is 36.5 Å². The fraction of sp³-hybridized carbons (Fsp3) is 0.185. The number of amidine groups is 2. The molecule has 1 fully saturated rings. The molecule has 0 bridgehead atoms. The van der Waals surface area contributed by atoms with Gasteiger partial charge in [-0.2, -0.15) is 5.10 Å². The lowest BCUT2D eigenvalue weighted by Gasteiger charge is -2.22. The van der Waals surface area contributed by atoms with E-state index in [2.05, 4.69) is 68.1 Å². The smallest absolute Gasteiger partial charge is 0.190 e. The van der Waals surface area contributed by atoms with Crippen molar-refractivity contribution in [2.75, 3.05) is 17.2 Å². The summed E-state index contributed by atoms with van der Waals surface area (Å²) in [6.45, 7) is 5.32. The van der Waals surface area contributed by atoms with Crippen molar-refractivity contribution < 1.29 is 9.47 Å². The molecule has 1 heterocycles. The minimum Gasteiger partial charge on any atom is -0.383 e. The van der Waals surface area contributed by atoms with Crippen molar-refractivity contribution in [2.24, 2.45) is 25.9 Å². The van der Waals surface area contributed by atoms with E-state index in [0.717, 1.165) is 28.6 Å². The molecule has 3 aromatic carbocycles. The predicted octanol–water partition coefficient (Wildman–Crippen LogP) is 6.08. The molecule has 0 radical (unpaired) electrons. The van der Waals surface area contributed by atoms with Gasteiger partial charge in [0.15, 0.2) is 10.9 Å². The molecule has 184 valence electrons. The number of nitrogens with two attached hydrogens (primary N) is 1. The van der Waals surface area contributed by atoms with Gasteiger partial charge in [0.05, 0.1) is 11.9 Å². The van der Waals surface area contributed by atoms with Gasteiger partial charge in [-0.25, -0.2) is 9.98 Å². The molecule has 1 aliphatic heterocycles. The van der Waals surface area contributed by atoms with E-state index in [1.54, 1.807) is 30.1 Å². The molecule has 2 N–H and O–H groups in total. The lowest BCUT2D eigenvalue weighted by atomic mass is 10.0. The predicted molar refractivity (Wildman–Crippen MR) is 149 cm³/mol. The van der Waals surface area contributed by atoms with Gasteiger partial charge in [-0.05, 0) is 47.4 Å². The molecule has 9 heteroatoms. The number of hydrogen-bond acceptors (Lipinski definition) is 5. The van der Waals surface area contributed by atoms with Crippen molar-refractivity contribution >= 4 is 46.7 Å². The lowest BCUT2D eigenvalue weighted by Crippen LogP contribution is -2.24. The maximum Gasteiger partial charge on any atom is 0.190 e. The number of para-hydroxylation sites is 1. The number of nitrogens with zero attached hydrogens (tertiary/aromatic N) is 5.